The van der Waals surface area contributed by atoms with E-state index >= 15 is 0 Å². The highest BCUT2D eigenvalue weighted by Crippen LogP contribution is 2.23. The maximum absolute atomic E-state index is 11.3. The Hall–Kier alpha value is -1.62. The number of carboxylic acids is 1. The van der Waals surface area contributed by atoms with Gasteiger partial charge in [0.1, 0.15) is 5.56 Å². The van der Waals surface area contributed by atoms with E-state index in [4.69, 9.17) is 0 Å². The molecule has 2 heterocycles. The molecular formula is C14H21N3O2. The van der Waals surface area contributed by atoms with Crippen molar-refractivity contribution in [1.29, 1.82) is 0 Å². The van der Waals surface area contributed by atoms with Crippen molar-refractivity contribution in [2.24, 2.45) is 5.92 Å². The summed E-state index contributed by atoms with van der Waals surface area (Å²) >= 11 is 0. The Kier molecular flexibility index (Phi) is 4.04. The smallest absolute Gasteiger partial charge is 0.339 e. The number of rotatable bonds is 4. The SMILES string of the molecule is Cc1cc(N(C)CC2CCN(C)C2)c(C(=O)O)cn1. The minimum Gasteiger partial charge on any atom is -0.478 e. The molecule has 1 aromatic heterocycles. The second-order valence-electron chi connectivity index (χ2n) is 5.45. The van der Waals surface area contributed by atoms with Crippen LogP contribution in [0.4, 0.5) is 5.69 Å². The number of hydrogen-bond donors (Lipinski definition) is 1. The molecule has 5 nitrogen and oxygen atoms in total. The molecule has 0 aliphatic carbocycles. The first-order valence-electron chi connectivity index (χ1n) is 6.57. The van der Waals surface area contributed by atoms with Gasteiger partial charge >= 0.3 is 5.97 Å². The zero-order chi connectivity index (χ0) is 14.0. The Balaban J connectivity index is 2.15. The minimum atomic E-state index is -0.919. The maximum Gasteiger partial charge on any atom is 0.339 e. The summed E-state index contributed by atoms with van der Waals surface area (Å²) in [5, 5.41) is 9.23. The van der Waals surface area contributed by atoms with Crippen LogP contribution in [-0.4, -0.2) is 54.7 Å². The highest BCUT2D eigenvalue weighted by molar-refractivity contribution is 5.94. The van der Waals surface area contributed by atoms with E-state index in [1.54, 1.807) is 0 Å². The molecule has 0 radical (unpaired) electrons. The van der Waals surface area contributed by atoms with Gasteiger partial charge in [0.2, 0.25) is 0 Å². The molecule has 1 saturated heterocycles. The number of carboxylic acid groups (broad SMARTS) is 1. The number of carbonyl (C=O) groups is 1. The minimum absolute atomic E-state index is 0.277. The monoisotopic (exact) mass is 263 g/mol. The molecule has 1 aliphatic heterocycles. The molecule has 104 valence electrons. The molecule has 19 heavy (non-hydrogen) atoms. The van der Waals surface area contributed by atoms with Gasteiger partial charge in [-0.1, -0.05) is 0 Å². The topological polar surface area (TPSA) is 56.7 Å². The molecule has 5 heteroatoms. The first-order chi connectivity index (χ1) is 8.97. The lowest BCUT2D eigenvalue weighted by Gasteiger charge is -2.24. The molecule has 1 unspecified atom stereocenters. The predicted octanol–water partition coefficient (Wildman–Crippen LogP) is 1.48. The molecule has 0 bridgehead atoms. The lowest BCUT2D eigenvalue weighted by Crippen LogP contribution is -2.28. The van der Waals surface area contributed by atoms with E-state index in [0.29, 0.717) is 5.92 Å². The fourth-order valence-electron chi connectivity index (χ4n) is 2.69. The van der Waals surface area contributed by atoms with Gasteiger partial charge < -0.3 is 14.9 Å². The zero-order valence-corrected chi connectivity index (χ0v) is 11.8. The fourth-order valence-corrected chi connectivity index (χ4v) is 2.69. The van der Waals surface area contributed by atoms with E-state index < -0.39 is 5.97 Å². The van der Waals surface area contributed by atoms with Crippen LogP contribution in [-0.2, 0) is 0 Å². The van der Waals surface area contributed by atoms with E-state index in [-0.39, 0.29) is 5.56 Å². The van der Waals surface area contributed by atoms with Crippen LogP contribution in [0.2, 0.25) is 0 Å². The number of pyridine rings is 1. The van der Waals surface area contributed by atoms with Crippen LogP contribution < -0.4 is 4.90 Å². The Bertz CT molecular complexity index is 476. The number of anilines is 1. The predicted molar refractivity (Wildman–Crippen MR) is 74.8 cm³/mol. The van der Waals surface area contributed by atoms with E-state index in [2.05, 4.69) is 16.9 Å². The van der Waals surface area contributed by atoms with Gasteiger partial charge in [-0.05, 0) is 38.9 Å². The number of aromatic carboxylic acids is 1. The maximum atomic E-state index is 11.3. The van der Waals surface area contributed by atoms with E-state index in [1.165, 1.54) is 12.6 Å². The molecule has 1 N–H and O–H groups in total. The van der Waals surface area contributed by atoms with Crippen molar-refractivity contribution in [2.45, 2.75) is 13.3 Å². The summed E-state index contributed by atoms with van der Waals surface area (Å²) in [6, 6.07) is 1.85. The van der Waals surface area contributed by atoms with Crippen LogP contribution >= 0.6 is 0 Å². The summed E-state index contributed by atoms with van der Waals surface area (Å²) in [7, 11) is 4.08. The average Bonchev–Trinajstić information content (AvgIpc) is 2.74. The number of hydrogen-bond acceptors (Lipinski definition) is 4. The molecule has 0 amide bonds. The summed E-state index contributed by atoms with van der Waals surface area (Å²) in [6.07, 6.45) is 2.62. The summed E-state index contributed by atoms with van der Waals surface area (Å²) in [4.78, 5) is 19.7. The van der Waals surface area contributed by atoms with Crippen LogP contribution in [0.3, 0.4) is 0 Å². The van der Waals surface area contributed by atoms with Gasteiger partial charge in [-0.25, -0.2) is 4.79 Å². The Morgan fingerprint density at radius 1 is 1.63 bits per heavy atom. The van der Waals surface area contributed by atoms with Crippen LogP contribution in [0.5, 0.6) is 0 Å². The lowest BCUT2D eigenvalue weighted by molar-refractivity contribution is 0.0697. The largest absolute Gasteiger partial charge is 0.478 e. The first kappa shape index (κ1) is 13.8. The van der Waals surface area contributed by atoms with Crippen molar-refractivity contribution >= 4 is 11.7 Å². The van der Waals surface area contributed by atoms with Crippen LogP contribution in [0.25, 0.3) is 0 Å². The molecule has 1 aromatic rings. The second kappa shape index (κ2) is 5.57. The van der Waals surface area contributed by atoms with Gasteiger partial charge in [-0.2, -0.15) is 0 Å². The highest BCUT2D eigenvalue weighted by atomic mass is 16.4. The normalized spacial score (nSPS) is 19.6. The molecule has 1 aliphatic rings. The van der Waals surface area contributed by atoms with Crippen molar-refractivity contribution in [3.05, 3.63) is 23.5 Å². The number of nitrogens with zero attached hydrogens (tertiary/aromatic N) is 3. The number of likely N-dealkylation sites (tertiary alicyclic amines) is 1. The van der Waals surface area contributed by atoms with E-state index in [9.17, 15) is 9.90 Å². The molecule has 0 spiro atoms. The lowest BCUT2D eigenvalue weighted by atomic mass is 10.1. The quantitative estimate of drug-likeness (QED) is 0.891. The average molecular weight is 263 g/mol. The summed E-state index contributed by atoms with van der Waals surface area (Å²) in [6.45, 7) is 4.97. The van der Waals surface area contributed by atoms with E-state index in [0.717, 1.165) is 31.0 Å². The van der Waals surface area contributed by atoms with Gasteiger partial charge in [0.25, 0.3) is 0 Å². The van der Waals surface area contributed by atoms with E-state index in [1.807, 2.05) is 24.9 Å². The van der Waals surface area contributed by atoms with Crippen LogP contribution in [0.1, 0.15) is 22.5 Å². The molecule has 0 saturated carbocycles. The van der Waals surface area contributed by atoms with Gasteiger partial charge in [0.15, 0.2) is 0 Å². The zero-order valence-electron chi connectivity index (χ0n) is 11.8. The third-order valence-electron chi connectivity index (χ3n) is 3.68. The number of aryl methyl sites for hydroxylation is 1. The number of aromatic nitrogens is 1. The van der Waals surface area contributed by atoms with Gasteiger partial charge in [-0.15, -0.1) is 0 Å². The standard InChI is InChI=1S/C14H21N3O2/c1-10-6-13(12(7-15-10)14(18)19)17(3)9-11-4-5-16(2)8-11/h6-7,11H,4-5,8-9H2,1-3H3,(H,18,19). The fraction of sp³-hybridized carbons (Fsp3) is 0.571. The summed E-state index contributed by atoms with van der Waals surface area (Å²) in [5.41, 5.74) is 1.88. The second-order valence-corrected chi connectivity index (χ2v) is 5.45. The molecule has 1 fully saturated rings. The van der Waals surface area contributed by atoms with Crippen molar-refractivity contribution in [1.82, 2.24) is 9.88 Å². The summed E-state index contributed by atoms with van der Waals surface area (Å²) < 4.78 is 0. The van der Waals surface area contributed by atoms with Gasteiger partial charge in [0, 0.05) is 32.0 Å². The third-order valence-corrected chi connectivity index (χ3v) is 3.68. The highest BCUT2D eigenvalue weighted by Gasteiger charge is 2.22. The van der Waals surface area contributed by atoms with Crippen molar-refractivity contribution in [3.8, 4) is 0 Å². The molecule has 0 aromatic carbocycles. The van der Waals surface area contributed by atoms with Crippen LogP contribution in [0.15, 0.2) is 12.3 Å². The molecule has 2 rings (SSSR count). The Labute approximate surface area is 113 Å². The molecule has 1 atom stereocenters. The third kappa shape index (κ3) is 3.23. The van der Waals surface area contributed by atoms with Crippen molar-refractivity contribution < 1.29 is 9.90 Å². The van der Waals surface area contributed by atoms with Crippen molar-refractivity contribution in [3.63, 3.8) is 0 Å². The molecular weight excluding hydrogens is 242 g/mol. The first-order valence-corrected chi connectivity index (χ1v) is 6.57. The van der Waals surface area contributed by atoms with Crippen LogP contribution in [0, 0.1) is 12.8 Å². The van der Waals surface area contributed by atoms with Crippen molar-refractivity contribution in [2.75, 3.05) is 38.6 Å². The van der Waals surface area contributed by atoms with Gasteiger partial charge in [0.05, 0.1) is 5.69 Å². The summed E-state index contributed by atoms with van der Waals surface area (Å²) in [5.74, 6) is -0.317. The Morgan fingerprint density at radius 3 is 2.95 bits per heavy atom. The Morgan fingerprint density at radius 2 is 2.37 bits per heavy atom. The van der Waals surface area contributed by atoms with Gasteiger partial charge in [-0.3, -0.25) is 4.98 Å².